The van der Waals surface area contributed by atoms with E-state index < -0.39 is 16.9 Å². The third-order valence-electron chi connectivity index (χ3n) is 3.81. The van der Waals surface area contributed by atoms with E-state index in [1.54, 1.807) is 38.1 Å². The number of rotatable bonds is 5. The fourth-order valence-electron chi connectivity index (χ4n) is 1.56. The Labute approximate surface area is 119 Å². The topological polar surface area (TPSA) is 98.2 Å². The van der Waals surface area contributed by atoms with Gasteiger partial charge in [0.25, 0.3) is 0 Å². The minimum atomic E-state index is -0.757. The highest BCUT2D eigenvalue weighted by atomic mass is 16.2. The maximum absolute atomic E-state index is 12.4. The molecule has 0 atom stereocenters. The van der Waals surface area contributed by atoms with Gasteiger partial charge in [-0.25, -0.2) is 0 Å². The molecule has 20 heavy (non-hydrogen) atoms. The zero-order valence-corrected chi connectivity index (χ0v) is 12.5. The van der Waals surface area contributed by atoms with Gasteiger partial charge in [-0.3, -0.25) is 9.59 Å². The molecule has 5 heteroatoms. The molecule has 110 valence electrons. The van der Waals surface area contributed by atoms with Crippen molar-refractivity contribution in [2.75, 3.05) is 5.32 Å². The van der Waals surface area contributed by atoms with E-state index in [2.05, 4.69) is 5.32 Å². The maximum atomic E-state index is 12.4. The highest BCUT2D eigenvalue weighted by Gasteiger charge is 2.40. The first-order valence-electron chi connectivity index (χ1n) is 6.52. The van der Waals surface area contributed by atoms with E-state index in [0.29, 0.717) is 11.3 Å². The molecule has 0 aliphatic rings. The number of nitrogens with two attached hydrogens (primary N) is 2. The largest absolute Gasteiger partial charge is 0.369 e. The van der Waals surface area contributed by atoms with Crippen molar-refractivity contribution in [3.63, 3.8) is 0 Å². The molecule has 1 aromatic carbocycles. The number of hydrogen-bond acceptors (Lipinski definition) is 3. The fourth-order valence-corrected chi connectivity index (χ4v) is 1.56. The number of para-hydroxylation sites is 1. The van der Waals surface area contributed by atoms with Gasteiger partial charge in [-0.2, -0.15) is 0 Å². The van der Waals surface area contributed by atoms with Crippen LogP contribution in [0.2, 0.25) is 0 Å². The molecule has 0 aliphatic heterocycles. The van der Waals surface area contributed by atoms with Crippen LogP contribution in [0, 0.1) is 5.41 Å². The molecular weight excluding hydrogens is 254 g/mol. The van der Waals surface area contributed by atoms with Crippen molar-refractivity contribution in [1.82, 2.24) is 0 Å². The van der Waals surface area contributed by atoms with Crippen molar-refractivity contribution in [3.8, 4) is 0 Å². The van der Waals surface area contributed by atoms with E-state index in [-0.39, 0.29) is 12.3 Å². The molecule has 1 aromatic rings. The third kappa shape index (κ3) is 3.57. The zero-order chi connectivity index (χ0) is 15.6. The van der Waals surface area contributed by atoms with Crippen molar-refractivity contribution in [2.24, 2.45) is 16.9 Å². The molecule has 0 aromatic heterocycles. The third-order valence-corrected chi connectivity index (χ3v) is 3.81. The van der Waals surface area contributed by atoms with Crippen LogP contribution in [0.15, 0.2) is 24.3 Å². The molecule has 0 heterocycles. The Bertz CT molecular complexity index is 516. The Morgan fingerprint density at radius 2 is 1.70 bits per heavy atom. The number of amides is 2. The van der Waals surface area contributed by atoms with E-state index in [1.807, 2.05) is 13.8 Å². The Morgan fingerprint density at radius 1 is 1.15 bits per heavy atom. The van der Waals surface area contributed by atoms with Crippen molar-refractivity contribution >= 4 is 17.5 Å². The van der Waals surface area contributed by atoms with E-state index >= 15 is 0 Å². The lowest BCUT2D eigenvalue weighted by molar-refractivity contribution is -0.126. The molecule has 0 fully saturated rings. The summed E-state index contributed by atoms with van der Waals surface area (Å²) in [5.74, 6) is -0.632. The van der Waals surface area contributed by atoms with Crippen molar-refractivity contribution in [2.45, 2.75) is 39.7 Å². The predicted octanol–water partition coefficient (Wildman–Crippen LogP) is 1.42. The summed E-state index contributed by atoms with van der Waals surface area (Å²) in [5, 5.41) is 2.84. The number of carbonyl (C=O) groups is 2. The molecule has 5 nitrogen and oxygen atoms in total. The van der Waals surface area contributed by atoms with E-state index in [0.717, 1.165) is 0 Å². The second-order valence-corrected chi connectivity index (χ2v) is 6.10. The Balaban J connectivity index is 3.00. The first-order chi connectivity index (χ1) is 9.05. The molecule has 0 saturated heterocycles. The van der Waals surface area contributed by atoms with Gasteiger partial charge in [-0.1, -0.05) is 18.2 Å². The summed E-state index contributed by atoms with van der Waals surface area (Å²) in [6.45, 7) is 7.20. The molecule has 0 spiro atoms. The van der Waals surface area contributed by atoms with Gasteiger partial charge in [-0.05, 0) is 39.3 Å². The second kappa shape index (κ2) is 5.63. The van der Waals surface area contributed by atoms with Crippen LogP contribution >= 0.6 is 0 Å². The smallest absolute Gasteiger partial charge is 0.231 e. The normalized spacial score (nSPS) is 12.1. The molecule has 2 amide bonds. The van der Waals surface area contributed by atoms with Crippen LogP contribution in [0.5, 0.6) is 0 Å². The monoisotopic (exact) mass is 277 g/mol. The molecule has 0 aliphatic carbocycles. The summed E-state index contributed by atoms with van der Waals surface area (Å²) in [7, 11) is 0. The Kier molecular flexibility index (Phi) is 4.55. The van der Waals surface area contributed by atoms with Gasteiger partial charge < -0.3 is 16.8 Å². The molecule has 5 N–H and O–H groups in total. The summed E-state index contributed by atoms with van der Waals surface area (Å²) < 4.78 is 0. The van der Waals surface area contributed by atoms with Gasteiger partial charge >= 0.3 is 0 Å². The van der Waals surface area contributed by atoms with Crippen LogP contribution in [0.1, 0.15) is 33.3 Å². The van der Waals surface area contributed by atoms with Crippen LogP contribution in [0.3, 0.4) is 0 Å². The molecule has 0 saturated carbocycles. The minimum Gasteiger partial charge on any atom is -0.369 e. The van der Waals surface area contributed by atoms with Crippen LogP contribution in [-0.4, -0.2) is 17.4 Å². The predicted molar refractivity (Wildman–Crippen MR) is 80.0 cm³/mol. The lowest BCUT2D eigenvalue weighted by atomic mass is 9.74. The summed E-state index contributed by atoms with van der Waals surface area (Å²) in [4.78, 5) is 23.5. The molecule has 0 unspecified atom stereocenters. The van der Waals surface area contributed by atoms with Gasteiger partial charge in [0.2, 0.25) is 11.8 Å². The van der Waals surface area contributed by atoms with E-state index in [1.165, 1.54) is 0 Å². The maximum Gasteiger partial charge on any atom is 0.231 e. The standard InChI is InChI=1S/C15H23N3O2/c1-14(2,15(3,4)17)13(20)18-11-8-6-5-7-10(11)9-12(16)19/h5-8H,9,17H2,1-4H3,(H2,16,19)(H,18,20). The average Bonchev–Trinajstić information content (AvgIpc) is 2.29. The van der Waals surface area contributed by atoms with Gasteiger partial charge in [0.05, 0.1) is 11.8 Å². The summed E-state index contributed by atoms with van der Waals surface area (Å²) in [6.07, 6.45) is 0.0862. The summed E-state index contributed by atoms with van der Waals surface area (Å²) >= 11 is 0. The van der Waals surface area contributed by atoms with E-state index in [9.17, 15) is 9.59 Å². The zero-order valence-electron chi connectivity index (χ0n) is 12.5. The Hall–Kier alpha value is -1.88. The van der Waals surface area contributed by atoms with Crippen LogP contribution in [0.4, 0.5) is 5.69 Å². The number of nitrogens with one attached hydrogen (secondary N) is 1. The first kappa shape index (κ1) is 16.2. The first-order valence-corrected chi connectivity index (χ1v) is 6.52. The number of hydrogen-bond donors (Lipinski definition) is 3. The number of anilines is 1. The van der Waals surface area contributed by atoms with E-state index in [4.69, 9.17) is 11.5 Å². The molecule has 1 rings (SSSR count). The quantitative estimate of drug-likeness (QED) is 0.759. The molecule has 0 radical (unpaired) electrons. The highest BCUT2D eigenvalue weighted by Crippen LogP contribution is 2.30. The minimum absolute atomic E-state index is 0.0862. The second-order valence-electron chi connectivity index (χ2n) is 6.10. The lowest BCUT2D eigenvalue weighted by Crippen LogP contribution is -2.53. The molecule has 0 bridgehead atoms. The van der Waals surface area contributed by atoms with Crippen molar-refractivity contribution in [3.05, 3.63) is 29.8 Å². The Morgan fingerprint density at radius 3 is 2.20 bits per heavy atom. The van der Waals surface area contributed by atoms with Gasteiger partial charge in [0.15, 0.2) is 0 Å². The van der Waals surface area contributed by atoms with Crippen molar-refractivity contribution < 1.29 is 9.59 Å². The number of primary amides is 1. The SMILES string of the molecule is CC(C)(N)C(C)(C)C(=O)Nc1ccccc1CC(N)=O. The van der Waals surface area contributed by atoms with Crippen LogP contribution < -0.4 is 16.8 Å². The number of benzene rings is 1. The van der Waals surface area contributed by atoms with Gasteiger partial charge in [0.1, 0.15) is 0 Å². The summed E-state index contributed by atoms with van der Waals surface area (Å²) in [5.41, 5.74) is 11.1. The average molecular weight is 277 g/mol. The van der Waals surface area contributed by atoms with Crippen LogP contribution in [-0.2, 0) is 16.0 Å². The highest BCUT2D eigenvalue weighted by molar-refractivity contribution is 5.97. The van der Waals surface area contributed by atoms with Crippen molar-refractivity contribution in [1.29, 1.82) is 0 Å². The van der Waals surface area contributed by atoms with Crippen LogP contribution in [0.25, 0.3) is 0 Å². The molecular formula is C15H23N3O2. The summed E-state index contributed by atoms with van der Waals surface area (Å²) in [6, 6.07) is 7.10. The number of carbonyl (C=O) groups excluding carboxylic acids is 2. The van der Waals surface area contributed by atoms with Gasteiger partial charge in [-0.15, -0.1) is 0 Å². The lowest BCUT2D eigenvalue weighted by Gasteiger charge is -2.37. The fraction of sp³-hybridized carbons (Fsp3) is 0.467. The van der Waals surface area contributed by atoms with Gasteiger partial charge in [0, 0.05) is 11.2 Å².